The van der Waals surface area contributed by atoms with Crippen LogP contribution in [0.5, 0.6) is 0 Å². The van der Waals surface area contributed by atoms with E-state index in [0.717, 1.165) is 7.11 Å². The van der Waals surface area contributed by atoms with Crippen molar-refractivity contribution in [3.05, 3.63) is 0 Å². The molecule has 0 aromatic carbocycles. The Bertz CT molecular complexity index is 304. The molecule has 0 spiro atoms. The van der Waals surface area contributed by atoms with E-state index in [1.165, 1.54) is 6.92 Å². The number of methoxy groups -OCH3 is 1. The van der Waals surface area contributed by atoms with E-state index in [1.54, 1.807) is 0 Å². The van der Waals surface area contributed by atoms with Crippen LogP contribution in [0.2, 0.25) is 0 Å². The summed E-state index contributed by atoms with van der Waals surface area (Å²) in [4.78, 5) is 32.9. The van der Waals surface area contributed by atoms with Gasteiger partial charge in [-0.25, -0.2) is 4.79 Å². The first-order chi connectivity index (χ1) is 7.79. The molecule has 3 atom stereocenters. The lowest BCUT2D eigenvalue weighted by atomic mass is 10.1. The van der Waals surface area contributed by atoms with Crippen LogP contribution in [0.15, 0.2) is 0 Å². The second-order valence-electron chi connectivity index (χ2n) is 3.45. The number of carbonyl (C=O) groups is 3. The summed E-state index contributed by atoms with van der Waals surface area (Å²) in [6.45, 7) is 1.28. The number of esters is 1. The Hall–Kier alpha value is -1.67. The third kappa shape index (κ3) is 5.27. The van der Waals surface area contributed by atoms with Gasteiger partial charge in [-0.05, 0) is 6.92 Å². The van der Waals surface area contributed by atoms with Gasteiger partial charge >= 0.3 is 11.9 Å². The summed E-state index contributed by atoms with van der Waals surface area (Å²) in [5.41, 5.74) is 5.28. The largest absolute Gasteiger partial charge is 0.481 e. The Labute approximate surface area is 97.7 Å². The maximum atomic E-state index is 11.4. The van der Waals surface area contributed by atoms with E-state index in [0.29, 0.717) is 0 Å². The van der Waals surface area contributed by atoms with Gasteiger partial charge in [-0.2, -0.15) is 0 Å². The van der Waals surface area contributed by atoms with Crippen LogP contribution in [0, 0.1) is 0 Å². The van der Waals surface area contributed by atoms with Crippen molar-refractivity contribution < 1.29 is 29.3 Å². The zero-order chi connectivity index (χ0) is 13.6. The Morgan fingerprint density at radius 1 is 1.41 bits per heavy atom. The van der Waals surface area contributed by atoms with Crippen LogP contribution >= 0.6 is 0 Å². The molecule has 0 bridgehead atoms. The highest BCUT2D eigenvalue weighted by atomic mass is 16.5. The van der Waals surface area contributed by atoms with E-state index in [4.69, 9.17) is 10.8 Å². The van der Waals surface area contributed by atoms with Crippen LogP contribution in [0.3, 0.4) is 0 Å². The van der Waals surface area contributed by atoms with Gasteiger partial charge in [0.05, 0.1) is 25.7 Å². The van der Waals surface area contributed by atoms with Crippen molar-refractivity contribution in [2.24, 2.45) is 5.73 Å². The molecular weight excluding hydrogens is 232 g/mol. The average Bonchev–Trinajstić information content (AvgIpc) is 2.22. The van der Waals surface area contributed by atoms with Gasteiger partial charge < -0.3 is 26.0 Å². The molecule has 0 rings (SSSR count). The second kappa shape index (κ2) is 6.81. The first-order valence-electron chi connectivity index (χ1n) is 4.83. The summed E-state index contributed by atoms with van der Waals surface area (Å²) in [5.74, 6) is -2.92. The number of carboxylic acid groups (broad SMARTS) is 1. The Morgan fingerprint density at radius 2 is 1.94 bits per heavy atom. The van der Waals surface area contributed by atoms with Gasteiger partial charge in [-0.3, -0.25) is 9.59 Å². The van der Waals surface area contributed by atoms with Crippen LogP contribution in [-0.2, 0) is 19.1 Å². The fourth-order valence-electron chi connectivity index (χ4n) is 1.04. The Morgan fingerprint density at radius 3 is 2.29 bits per heavy atom. The first kappa shape index (κ1) is 15.3. The van der Waals surface area contributed by atoms with Crippen molar-refractivity contribution in [3.63, 3.8) is 0 Å². The fourth-order valence-corrected chi connectivity index (χ4v) is 1.04. The van der Waals surface area contributed by atoms with Gasteiger partial charge in [0.1, 0.15) is 0 Å². The molecule has 0 aliphatic carbocycles. The SMILES string of the molecule is COC(=O)[C@@H](NC(=O)[C@@H](N)CC(=O)O)[C@H](C)O. The van der Waals surface area contributed by atoms with E-state index in [2.05, 4.69) is 10.1 Å². The zero-order valence-electron chi connectivity index (χ0n) is 9.54. The smallest absolute Gasteiger partial charge is 0.331 e. The molecule has 8 heteroatoms. The number of nitrogens with one attached hydrogen (secondary N) is 1. The number of aliphatic hydroxyl groups is 1. The van der Waals surface area contributed by atoms with Crippen molar-refractivity contribution in [2.75, 3.05) is 7.11 Å². The predicted molar refractivity (Wildman–Crippen MR) is 55.9 cm³/mol. The lowest BCUT2D eigenvalue weighted by Gasteiger charge is -2.20. The average molecular weight is 248 g/mol. The number of rotatable bonds is 6. The van der Waals surface area contributed by atoms with E-state index >= 15 is 0 Å². The van der Waals surface area contributed by atoms with Gasteiger partial charge in [0.25, 0.3) is 0 Å². The van der Waals surface area contributed by atoms with Crippen molar-refractivity contribution in [2.45, 2.75) is 31.5 Å². The van der Waals surface area contributed by atoms with Gasteiger partial charge in [0.2, 0.25) is 5.91 Å². The third-order valence-corrected chi connectivity index (χ3v) is 1.97. The maximum Gasteiger partial charge on any atom is 0.331 e. The standard InChI is InChI=1S/C9H16N2O6/c1-4(12)7(9(16)17-2)11-8(15)5(10)3-6(13)14/h4-5,7,12H,3,10H2,1-2H3,(H,11,15)(H,13,14)/t4-,5-,7-/m0/s1. The number of ether oxygens (including phenoxy) is 1. The lowest BCUT2D eigenvalue weighted by Crippen LogP contribution is -2.53. The molecular formula is C9H16N2O6. The quantitative estimate of drug-likeness (QED) is 0.392. The molecule has 0 heterocycles. The maximum absolute atomic E-state index is 11.4. The zero-order valence-corrected chi connectivity index (χ0v) is 9.54. The Balaban J connectivity index is 4.50. The van der Waals surface area contributed by atoms with Gasteiger partial charge in [-0.1, -0.05) is 0 Å². The summed E-state index contributed by atoms with van der Waals surface area (Å²) < 4.78 is 4.36. The summed E-state index contributed by atoms with van der Waals surface area (Å²) in [7, 11) is 1.10. The van der Waals surface area contributed by atoms with Crippen LogP contribution < -0.4 is 11.1 Å². The number of nitrogens with two attached hydrogens (primary N) is 1. The molecule has 17 heavy (non-hydrogen) atoms. The summed E-state index contributed by atoms with van der Waals surface area (Å²) in [5, 5.41) is 19.8. The van der Waals surface area contributed by atoms with Gasteiger partial charge in [0, 0.05) is 0 Å². The van der Waals surface area contributed by atoms with Crippen LogP contribution in [0.4, 0.5) is 0 Å². The highest BCUT2D eigenvalue weighted by Gasteiger charge is 2.28. The fraction of sp³-hybridized carbons (Fsp3) is 0.667. The molecule has 5 N–H and O–H groups in total. The number of aliphatic hydroxyl groups excluding tert-OH is 1. The predicted octanol–water partition coefficient (Wildman–Crippen LogP) is -2.17. The monoisotopic (exact) mass is 248 g/mol. The number of hydrogen-bond acceptors (Lipinski definition) is 6. The minimum absolute atomic E-state index is 0.570. The van der Waals surface area contributed by atoms with Crippen LogP contribution in [0.25, 0.3) is 0 Å². The summed E-state index contributed by atoms with van der Waals surface area (Å²) in [6.07, 6.45) is -1.75. The van der Waals surface area contributed by atoms with E-state index in [1.807, 2.05) is 0 Å². The number of hydrogen-bond donors (Lipinski definition) is 4. The van der Waals surface area contributed by atoms with Crippen LogP contribution in [-0.4, -0.2) is 53.4 Å². The molecule has 1 amide bonds. The normalized spacial score (nSPS) is 15.5. The van der Waals surface area contributed by atoms with Crippen molar-refractivity contribution in [3.8, 4) is 0 Å². The van der Waals surface area contributed by atoms with E-state index in [-0.39, 0.29) is 0 Å². The van der Waals surface area contributed by atoms with Gasteiger partial charge in [-0.15, -0.1) is 0 Å². The minimum atomic E-state index is -1.29. The molecule has 98 valence electrons. The number of aliphatic carboxylic acids is 1. The molecule has 0 unspecified atom stereocenters. The molecule has 8 nitrogen and oxygen atoms in total. The third-order valence-electron chi connectivity index (χ3n) is 1.97. The topological polar surface area (TPSA) is 139 Å². The lowest BCUT2D eigenvalue weighted by molar-refractivity contribution is -0.148. The molecule has 0 fully saturated rings. The highest BCUT2D eigenvalue weighted by Crippen LogP contribution is 1.98. The molecule has 0 aromatic rings. The van der Waals surface area contributed by atoms with Crippen molar-refractivity contribution in [1.29, 1.82) is 0 Å². The second-order valence-corrected chi connectivity index (χ2v) is 3.45. The Kier molecular flexibility index (Phi) is 6.15. The first-order valence-corrected chi connectivity index (χ1v) is 4.83. The highest BCUT2D eigenvalue weighted by molar-refractivity contribution is 5.90. The molecule has 0 radical (unpaired) electrons. The number of amides is 1. The number of carboxylic acids is 1. The summed E-state index contributed by atoms with van der Waals surface area (Å²) in [6, 6.07) is -2.56. The molecule has 0 aromatic heterocycles. The molecule has 0 aliphatic rings. The molecule has 0 saturated carbocycles. The number of carbonyl (C=O) groups excluding carboxylic acids is 2. The summed E-state index contributed by atoms with van der Waals surface area (Å²) >= 11 is 0. The van der Waals surface area contributed by atoms with E-state index < -0.39 is 42.5 Å². The van der Waals surface area contributed by atoms with Gasteiger partial charge in [0.15, 0.2) is 6.04 Å². The van der Waals surface area contributed by atoms with Crippen LogP contribution in [0.1, 0.15) is 13.3 Å². The van der Waals surface area contributed by atoms with Crippen molar-refractivity contribution in [1.82, 2.24) is 5.32 Å². The molecule has 0 saturated heterocycles. The minimum Gasteiger partial charge on any atom is -0.481 e. The van der Waals surface area contributed by atoms with E-state index in [9.17, 15) is 19.5 Å². The van der Waals surface area contributed by atoms with Crippen molar-refractivity contribution >= 4 is 17.8 Å². The molecule has 0 aliphatic heterocycles.